The Labute approximate surface area is 126 Å². The van der Waals surface area contributed by atoms with Crippen molar-refractivity contribution in [3.8, 4) is 0 Å². The van der Waals surface area contributed by atoms with Gasteiger partial charge in [-0.05, 0) is 43.2 Å². The molecule has 20 heavy (non-hydrogen) atoms. The number of carboxylic acids is 1. The average molecular weight is 334 g/mol. The predicted molar refractivity (Wildman–Crippen MR) is 84.3 cm³/mol. The van der Waals surface area contributed by atoms with Crippen LogP contribution in [0.15, 0.2) is 46.9 Å². The lowest BCUT2D eigenvalue weighted by atomic mass is 10.0. The summed E-state index contributed by atoms with van der Waals surface area (Å²) in [6, 6.07) is 13.2. The van der Waals surface area contributed by atoms with Crippen molar-refractivity contribution < 1.29 is 9.90 Å². The number of nitrogens with one attached hydrogen (secondary N) is 1. The molecule has 2 aromatic rings. The molecular weight excluding hydrogens is 318 g/mol. The van der Waals surface area contributed by atoms with E-state index in [1.54, 1.807) is 18.2 Å². The van der Waals surface area contributed by atoms with Crippen molar-refractivity contribution in [3.05, 3.63) is 63.6 Å². The molecule has 4 heteroatoms. The highest BCUT2D eigenvalue weighted by atomic mass is 79.9. The number of halogens is 1. The Balaban J connectivity index is 2.32. The summed E-state index contributed by atoms with van der Waals surface area (Å²) >= 11 is 3.37. The van der Waals surface area contributed by atoms with Gasteiger partial charge in [-0.2, -0.15) is 0 Å². The highest BCUT2D eigenvalue weighted by Gasteiger charge is 2.14. The second-order valence-electron chi connectivity index (χ2n) is 4.72. The van der Waals surface area contributed by atoms with Gasteiger partial charge in [-0.25, -0.2) is 4.79 Å². The maximum Gasteiger partial charge on any atom is 0.337 e. The first-order valence-corrected chi connectivity index (χ1v) is 7.13. The molecule has 2 N–H and O–H groups in total. The largest absolute Gasteiger partial charge is 0.478 e. The fraction of sp³-hybridized carbons (Fsp3) is 0.188. The summed E-state index contributed by atoms with van der Waals surface area (Å²) < 4.78 is 0.849. The lowest BCUT2D eigenvalue weighted by Gasteiger charge is -2.19. The summed E-state index contributed by atoms with van der Waals surface area (Å²) in [4.78, 5) is 11.3. The quantitative estimate of drug-likeness (QED) is 0.857. The molecule has 0 aliphatic rings. The van der Waals surface area contributed by atoms with Crippen molar-refractivity contribution in [1.82, 2.24) is 0 Å². The van der Waals surface area contributed by atoms with E-state index in [2.05, 4.69) is 21.2 Å². The van der Waals surface area contributed by atoms with E-state index in [0.717, 1.165) is 10.0 Å². The number of aryl methyl sites for hydroxylation is 1. The van der Waals surface area contributed by atoms with Gasteiger partial charge in [-0.1, -0.05) is 40.2 Å². The minimum Gasteiger partial charge on any atom is -0.478 e. The molecule has 0 radical (unpaired) electrons. The molecule has 1 atom stereocenters. The standard InChI is InChI=1S/C16H16BrNO2/c1-10-5-3-4-6-13(10)11(2)18-15-9-12(17)7-8-14(15)16(19)20/h3-9,11,18H,1-2H3,(H,19,20). The maximum absolute atomic E-state index is 11.3. The number of hydrogen-bond donors (Lipinski definition) is 2. The molecule has 104 valence electrons. The Bertz CT molecular complexity index is 640. The first kappa shape index (κ1) is 14.6. The van der Waals surface area contributed by atoms with Crippen LogP contribution in [-0.2, 0) is 0 Å². The van der Waals surface area contributed by atoms with Crippen molar-refractivity contribution in [2.75, 3.05) is 5.32 Å². The number of rotatable bonds is 4. The summed E-state index contributed by atoms with van der Waals surface area (Å²) in [6.07, 6.45) is 0. The molecule has 0 aliphatic heterocycles. The smallest absolute Gasteiger partial charge is 0.337 e. The molecule has 0 heterocycles. The third kappa shape index (κ3) is 3.20. The molecule has 0 aliphatic carbocycles. The Hall–Kier alpha value is -1.81. The van der Waals surface area contributed by atoms with Gasteiger partial charge in [-0.15, -0.1) is 0 Å². The van der Waals surface area contributed by atoms with Gasteiger partial charge in [0, 0.05) is 10.5 Å². The Morgan fingerprint density at radius 2 is 1.95 bits per heavy atom. The van der Waals surface area contributed by atoms with Crippen molar-refractivity contribution in [2.45, 2.75) is 19.9 Å². The third-order valence-corrected chi connectivity index (χ3v) is 3.73. The minimum absolute atomic E-state index is 0.0311. The number of hydrogen-bond acceptors (Lipinski definition) is 2. The molecule has 2 rings (SSSR count). The average Bonchev–Trinajstić information content (AvgIpc) is 2.38. The molecule has 0 bridgehead atoms. The monoisotopic (exact) mass is 333 g/mol. The summed E-state index contributed by atoms with van der Waals surface area (Å²) in [5.41, 5.74) is 3.22. The molecule has 0 aromatic heterocycles. The van der Waals surface area contributed by atoms with Crippen molar-refractivity contribution in [3.63, 3.8) is 0 Å². The number of aromatic carboxylic acids is 1. The van der Waals surface area contributed by atoms with Gasteiger partial charge in [0.25, 0.3) is 0 Å². The molecule has 0 saturated carbocycles. The summed E-state index contributed by atoms with van der Waals surface area (Å²) in [6.45, 7) is 4.07. The second-order valence-corrected chi connectivity index (χ2v) is 5.63. The van der Waals surface area contributed by atoms with Crippen LogP contribution in [0.5, 0.6) is 0 Å². The number of anilines is 1. The van der Waals surface area contributed by atoms with E-state index in [1.807, 2.05) is 38.1 Å². The van der Waals surface area contributed by atoms with Crippen molar-refractivity contribution >= 4 is 27.6 Å². The van der Waals surface area contributed by atoms with Gasteiger partial charge in [0.2, 0.25) is 0 Å². The fourth-order valence-electron chi connectivity index (χ4n) is 2.21. The van der Waals surface area contributed by atoms with Crippen LogP contribution in [0, 0.1) is 6.92 Å². The first-order valence-electron chi connectivity index (χ1n) is 6.34. The number of carboxylic acid groups (broad SMARTS) is 1. The summed E-state index contributed by atoms with van der Waals surface area (Å²) in [5.74, 6) is -0.933. The Morgan fingerprint density at radius 3 is 2.60 bits per heavy atom. The first-order chi connectivity index (χ1) is 9.49. The van der Waals surface area contributed by atoms with Crippen LogP contribution in [0.4, 0.5) is 5.69 Å². The fourth-order valence-corrected chi connectivity index (χ4v) is 2.57. The van der Waals surface area contributed by atoms with E-state index in [9.17, 15) is 9.90 Å². The minimum atomic E-state index is -0.933. The second kappa shape index (κ2) is 6.09. The Kier molecular flexibility index (Phi) is 4.45. The van der Waals surface area contributed by atoms with Crippen LogP contribution in [0.25, 0.3) is 0 Å². The normalized spacial score (nSPS) is 11.9. The van der Waals surface area contributed by atoms with Crippen LogP contribution in [0.3, 0.4) is 0 Å². The highest BCUT2D eigenvalue weighted by molar-refractivity contribution is 9.10. The number of carbonyl (C=O) groups is 1. The van der Waals surface area contributed by atoms with Crippen molar-refractivity contribution in [2.24, 2.45) is 0 Å². The van der Waals surface area contributed by atoms with Gasteiger partial charge in [0.15, 0.2) is 0 Å². The van der Waals surface area contributed by atoms with Crippen molar-refractivity contribution in [1.29, 1.82) is 0 Å². The molecule has 0 saturated heterocycles. The molecular formula is C16H16BrNO2. The maximum atomic E-state index is 11.3. The molecule has 2 aromatic carbocycles. The van der Waals surface area contributed by atoms with Gasteiger partial charge < -0.3 is 10.4 Å². The van der Waals surface area contributed by atoms with Crippen LogP contribution in [0.2, 0.25) is 0 Å². The van der Waals surface area contributed by atoms with E-state index < -0.39 is 5.97 Å². The van der Waals surface area contributed by atoms with Gasteiger partial charge in [-0.3, -0.25) is 0 Å². The molecule has 3 nitrogen and oxygen atoms in total. The SMILES string of the molecule is Cc1ccccc1C(C)Nc1cc(Br)ccc1C(=O)O. The van der Waals surface area contributed by atoms with Crippen LogP contribution >= 0.6 is 15.9 Å². The lowest BCUT2D eigenvalue weighted by molar-refractivity contribution is 0.0698. The molecule has 0 amide bonds. The van der Waals surface area contributed by atoms with E-state index >= 15 is 0 Å². The zero-order valence-corrected chi connectivity index (χ0v) is 12.9. The van der Waals surface area contributed by atoms with Crippen LogP contribution in [0.1, 0.15) is 34.5 Å². The summed E-state index contributed by atoms with van der Waals surface area (Å²) in [7, 11) is 0. The third-order valence-electron chi connectivity index (χ3n) is 3.24. The molecule has 0 spiro atoms. The lowest BCUT2D eigenvalue weighted by Crippen LogP contribution is -2.11. The Morgan fingerprint density at radius 1 is 1.25 bits per heavy atom. The van der Waals surface area contributed by atoms with E-state index in [4.69, 9.17) is 0 Å². The predicted octanol–water partition coefficient (Wildman–Crippen LogP) is 4.63. The zero-order valence-electron chi connectivity index (χ0n) is 11.4. The van der Waals surface area contributed by atoms with Gasteiger partial charge in [0.1, 0.15) is 0 Å². The van der Waals surface area contributed by atoms with Crippen LogP contribution < -0.4 is 5.32 Å². The highest BCUT2D eigenvalue weighted by Crippen LogP contribution is 2.27. The topological polar surface area (TPSA) is 49.3 Å². The molecule has 1 unspecified atom stereocenters. The van der Waals surface area contributed by atoms with E-state index in [-0.39, 0.29) is 11.6 Å². The number of benzene rings is 2. The van der Waals surface area contributed by atoms with Gasteiger partial charge >= 0.3 is 5.97 Å². The van der Waals surface area contributed by atoms with Crippen LogP contribution in [-0.4, -0.2) is 11.1 Å². The van der Waals surface area contributed by atoms with E-state index in [1.165, 1.54) is 5.56 Å². The summed E-state index contributed by atoms with van der Waals surface area (Å²) in [5, 5.41) is 12.5. The van der Waals surface area contributed by atoms with E-state index in [0.29, 0.717) is 5.69 Å². The molecule has 0 fully saturated rings. The van der Waals surface area contributed by atoms with Gasteiger partial charge in [0.05, 0.1) is 11.3 Å². The zero-order chi connectivity index (χ0) is 14.7.